The Balaban J connectivity index is 1.24. The standard InChI is InChI=1S/C40H48N8O5/c1-8-48-28-19-38(4,5)13-9-26(28)34(44-48)40(43-36(53-47-40)24-11-15-41-16-12-24)32(29(50)21-49)31-22(2)17-25(18-23(31)3)35-42-37(52-46-35)33-27-10-14-39(6,7)20-30(27)51-45-33/h11-12,15-18,29,32,47,49-50H,8-10,13-14,19-21H2,1-7H3. The van der Waals surface area contributed by atoms with E-state index in [1.807, 2.05) is 38.1 Å². The number of aromatic nitrogens is 6. The van der Waals surface area contributed by atoms with E-state index in [0.29, 0.717) is 35.5 Å². The molecule has 3 aliphatic rings. The van der Waals surface area contributed by atoms with E-state index in [2.05, 4.69) is 60.1 Å². The molecule has 3 unspecified atom stereocenters. The number of hydrogen-bond acceptors (Lipinski definition) is 12. The van der Waals surface area contributed by atoms with Crippen molar-refractivity contribution in [3.8, 4) is 23.0 Å². The molecule has 1 aromatic carbocycles. The number of fused-ring (bicyclic) bond motifs is 2. The van der Waals surface area contributed by atoms with Gasteiger partial charge in [0.2, 0.25) is 11.7 Å². The predicted molar refractivity (Wildman–Crippen MR) is 197 cm³/mol. The normalized spacial score (nSPS) is 21.4. The van der Waals surface area contributed by atoms with Crippen LogP contribution in [0.3, 0.4) is 0 Å². The molecule has 0 radical (unpaired) electrons. The molecule has 8 rings (SSSR count). The lowest BCUT2D eigenvalue weighted by molar-refractivity contribution is 0.00633. The Bertz CT molecular complexity index is 2180. The number of hydroxylamine groups is 1. The molecule has 5 aromatic rings. The van der Waals surface area contributed by atoms with Crippen molar-refractivity contribution in [3.05, 3.63) is 87.2 Å². The van der Waals surface area contributed by atoms with Gasteiger partial charge in [-0.1, -0.05) is 38.0 Å². The van der Waals surface area contributed by atoms with Gasteiger partial charge in [-0.2, -0.15) is 10.1 Å². The average molecular weight is 721 g/mol. The van der Waals surface area contributed by atoms with Gasteiger partial charge in [0.1, 0.15) is 11.5 Å². The molecule has 0 saturated carbocycles. The van der Waals surface area contributed by atoms with E-state index in [1.54, 1.807) is 12.4 Å². The zero-order valence-electron chi connectivity index (χ0n) is 31.5. The van der Waals surface area contributed by atoms with Crippen LogP contribution >= 0.6 is 0 Å². The van der Waals surface area contributed by atoms with E-state index in [-0.39, 0.29) is 10.8 Å². The average Bonchev–Trinajstić information content (AvgIpc) is 3.94. The third-order valence-corrected chi connectivity index (χ3v) is 11.4. The molecule has 2 aliphatic carbocycles. The highest BCUT2D eigenvalue weighted by Gasteiger charge is 2.54. The maximum Gasteiger partial charge on any atom is 0.280 e. The second kappa shape index (κ2) is 13.0. The number of nitrogens with one attached hydrogen (secondary N) is 1. The number of aliphatic imine (C=N–C) groups is 1. The largest absolute Gasteiger partial charge is 0.394 e. The molecule has 0 fully saturated rings. The minimum Gasteiger partial charge on any atom is -0.394 e. The van der Waals surface area contributed by atoms with Crippen LogP contribution < -0.4 is 5.48 Å². The van der Waals surface area contributed by atoms with Crippen molar-refractivity contribution in [2.75, 3.05) is 6.61 Å². The van der Waals surface area contributed by atoms with Crippen LogP contribution in [0.15, 0.2) is 50.7 Å². The maximum absolute atomic E-state index is 11.9. The van der Waals surface area contributed by atoms with Gasteiger partial charge in [0, 0.05) is 53.3 Å². The second-order valence-corrected chi connectivity index (χ2v) is 16.5. The van der Waals surface area contributed by atoms with Crippen molar-refractivity contribution in [2.24, 2.45) is 15.8 Å². The Labute approximate surface area is 308 Å². The molecule has 0 amide bonds. The first-order chi connectivity index (χ1) is 25.3. The van der Waals surface area contributed by atoms with Gasteiger partial charge in [-0.05, 0) is 105 Å². The van der Waals surface area contributed by atoms with Gasteiger partial charge < -0.3 is 24.1 Å². The minimum absolute atomic E-state index is 0.113. The molecule has 0 spiro atoms. The highest BCUT2D eigenvalue weighted by molar-refractivity contribution is 5.95. The first-order valence-electron chi connectivity index (χ1n) is 18.6. The third-order valence-electron chi connectivity index (χ3n) is 11.4. The van der Waals surface area contributed by atoms with Crippen LogP contribution in [-0.2, 0) is 42.7 Å². The quantitative estimate of drug-likeness (QED) is 0.165. The Hall–Kier alpha value is -4.72. The molecule has 5 heterocycles. The molecule has 0 saturated heterocycles. The maximum atomic E-state index is 11.9. The van der Waals surface area contributed by atoms with Gasteiger partial charge in [0.15, 0.2) is 11.4 Å². The lowest BCUT2D eigenvalue weighted by Crippen LogP contribution is -2.49. The molecule has 3 atom stereocenters. The first kappa shape index (κ1) is 35.3. The summed E-state index contributed by atoms with van der Waals surface area (Å²) in [4.78, 5) is 20.5. The van der Waals surface area contributed by atoms with E-state index in [0.717, 1.165) is 83.2 Å². The summed E-state index contributed by atoms with van der Waals surface area (Å²) in [6.45, 7) is 15.3. The monoisotopic (exact) mass is 720 g/mol. The lowest BCUT2D eigenvalue weighted by atomic mass is 9.72. The molecule has 13 nitrogen and oxygen atoms in total. The zero-order valence-corrected chi connectivity index (χ0v) is 31.5. The number of hydrogen-bond donors (Lipinski definition) is 3. The van der Waals surface area contributed by atoms with Gasteiger partial charge >= 0.3 is 0 Å². The van der Waals surface area contributed by atoms with Crippen LogP contribution in [0.25, 0.3) is 23.0 Å². The van der Waals surface area contributed by atoms with E-state index < -0.39 is 24.3 Å². The van der Waals surface area contributed by atoms with Gasteiger partial charge in [-0.3, -0.25) is 9.67 Å². The number of benzene rings is 1. The fourth-order valence-corrected chi connectivity index (χ4v) is 8.61. The van der Waals surface area contributed by atoms with E-state index in [4.69, 9.17) is 29.0 Å². The highest BCUT2D eigenvalue weighted by Crippen LogP contribution is 2.49. The second-order valence-electron chi connectivity index (χ2n) is 16.5. The summed E-state index contributed by atoms with van der Waals surface area (Å²) in [7, 11) is 0. The van der Waals surface area contributed by atoms with E-state index >= 15 is 0 Å². The number of aliphatic hydroxyl groups excluding tert-OH is 2. The Kier molecular flexibility index (Phi) is 8.66. The fourth-order valence-electron chi connectivity index (χ4n) is 8.61. The molecule has 278 valence electrons. The first-order valence-corrected chi connectivity index (χ1v) is 18.6. The molecular weight excluding hydrogens is 672 g/mol. The van der Waals surface area contributed by atoms with Crippen LogP contribution in [0.4, 0.5) is 0 Å². The predicted octanol–water partition coefficient (Wildman–Crippen LogP) is 5.92. The summed E-state index contributed by atoms with van der Waals surface area (Å²) < 4.78 is 13.6. The lowest BCUT2D eigenvalue weighted by Gasteiger charge is -2.38. The molecule has 0 bridgehead atoms. The number of nitrogens with zero attached hydrogens (tertiary/aromatic N) is 7. The fraction of sp³-hybridized carbons (Fsp3) is 0.500. The minimum atomic E-state index is -1.39. The summed E-state index contributed by atoms with van der Waals surface area (Å²) in [5.41, 5.74) is 10.7. The van der Waals surface area contributed by atoms with Gasteiger partial charge in [0.05, 0.1) is 18.6 Å². The van der Waals surface area contributed by atoms with Crippen LogP contribution in [0.2, 0.25) is 0 Å². The summed E-state index contributed by atoms with van der Waals surface area (Å²) in [5.74, 6) is 1.15. The Morgan fingerprint density at radius 2 is 1.62 bits per heavy atom. The Morgan fingerprint density at radius 1 is 0.925 bits per heavy atom. The van der Waals surface area contributed by atoms with Gasteiger partial charge in [0.25, 0.3) is 5.89 Å². The van der Waals surface area contributed by atoms with Crippen LogP contribution in [0, 0.1) is 24.7 Å². The topological polar surface area (TPSA) is 170 Å². The molecule has 1 aliphatic heterocycles. The summed E-state index contributed by atoms with van der Waals surface area (Å²) in [5, 5.41) is 36.5. The number of rotatable bonds is 9. The van der Waals surface area contributed by atoms with E-state index in [9.17, 15) is 10.2 Å². The zero-order chi connectivity index (χ0) is 37.3. The molecule has 13 heteroatoms. The van der Waals surface area contributed by atoms with Crippen molar-refractivity contribution < 1.29 is 24.1 Å². The number of pyridine rings is 1. The van der Waals surface area contributed by atoms with Crippen molar-refractivity contribution in [2.45, 2.75) is 111 Å². The molecule has 53 heavy (non-hydrogen) atoms. The molecule has 4 aromatic heterocycles. The van der Waals surface area contributed by atoms with Gasteiger partial charge in [-0.25, -0.2) is 4.99 Å². The summed E-state index contributed by atoms with van der Waals surface area (Å²) in [6, 6.07) is 7.62. The van der Waals surface area contributed by atoms with Crippen molar-refractivity contribution in [1.82, 2.24) is 35.5 Å². The summed E-state index contributed by atoms with van der Waals surface area (Å²) >= 11 is 0. The Morgan fingerprint density at radius 3 is 2.32 bits per heavy atom. The SMILES string of the molecule is CCn1nc(C2(C(c3c(C)cc(-c4noc(-c5noc6c5CCC(C)(C)C6)n4)cc3C)C(O)CO)N=C(c3ccncc3)ON2)c2c1CC(C)(C)CC2. The number of aryl methyl sites for hydroxylation is 3. The van der Waals surface area contributed by atoms with E-state index in [1.165, 1.54) is 5.69 Å². The van der Waals surface area contributed by atoms with Crippen molar-refractivity contribution in [3.63, 3.8) is 0 Å². The molecular formula is C40H48N8O5. The smallest absolute Gasteiger partial charge is 0.280 e. The van der Waals surface area contributed by atoms with Crippen molar-refractivity contribution >= 4 is 5.90 Å². The third kappa shape index (κ3) is 6.08. The molecule has 3 N–H and O–H groups in total. The summed E-state index contributed by atoms with van der Waals surface area (Å²) in [6.07, 6.45) is 7.44. The highest BCUT2D eigenvalue weighted by atomic mass is 16.7. The van der Waals surface area contributed by atoms with Crippen LogP contribution in [0.1, 0.15) is 104 Å². The van der Waals surface area contributed by atoms with Crippen LogP contribution in [0.5, 0.6) is 0 Å². The number of aliphatic hydroxyl groups is 2. The van der Waals surface area contributed by atoms with Crippen LogP contribution in [-0.4, -0.2) is 58.9 Å². The van der Waals surface area contributed by atoms with Gasteiger partial charge in [-0.15, -0.1) is 5.48 Å². The van der Waals surface area contributed by atoms with Crippen molar-refractivity contribution in [1.29, 1.82) is 0 Å².